The Kier molecular flexibility index (Phi) is 3.10. The van der Waals surface area contributed by atoms with E-state index in [2.05, 4.69) is 33.7 Å². The Balaban J connectivity index is 1.28. The van der Waals surface area contributed by atoms with Crippen LogP contribution in [-0.4, -0.2) is 98.1 Å². The first-order valence-electron chi connectivity index (χ1n) is 8.02. The number of nitrogens with zero attached hydrogens (tertiary/aromatic N) is 4. The lowest BCUT2D eigenvalue weighted by molar-refractivity contribution is -0.0708. The standard InChI is InChI=1S/C15H28N4/c1-16-4-12-3-13(5-16)7-18(6-12)15-10-19(11-15)14-8-17(2)9-14/h12-15H,3-11H2,1-2H3. The molecule has 0 aromatic rings. The van der Waals surface area contributed by atoms with Crippen LogP contribution in [-0.2, 0) is 0 Å². The molecule has 0 aromatic carbocycles. The predicted molar refractivity (Wildman–Crippen MR) is 77.3 cm³/mol. The van der Waals surface area contributed by atoms with E-state index in [0.29, 0.717) is 0 Å². The van der Waals surface area contributed by atoms with E-state index in [1.807, 2.05) is 0 Å². The number of rotatable bonds is 2. The second-order valence-electron chi connectivity index (χ2n) is 7.63. The third kappa shape index (κ3) is 2.33. The summed E-state index contributed by atoms with van der Waals surface area (Å²) in [5, 5.41) is 0. The second-order valence-corrected chi connectivity index (χ2v) is 7.63. The molecule has 0 N–H and O–H groups in total. The van der Waals surface area contributed by atoms with Gasteiger partial charge >= 0.3 is 0 Å². The van der Waals surface area contributed by atoms with E-state index in [0.717, 1.165) is 23.9 Å². The Bertz CT molecular complexity index is 317. The molecular formula is C15H28N4. The molecule has 4 nitrogen and oxygen atoms in total. The number of likely N-dealkylation sites (N-methyl/N-ethyl adjacent to an activating group) is 1. The second kappa shape index (κ2) is 4.69. The van der Waals surface area contributed by atoms with Crippen LogP contribution in [0.1, 0.15) is 6.42 Å². The van der Waals surface area contributed by atoms with Gasteiger partial charge in [-0.15, -0.1) is 0 Å². The molecule has 108 valence electrons. The van der Waals surface area contributed by atoms with Crippen LogP contribution >= 0.6 is 0 Å². The van der Waals surface area contributed by atoms with Crippen molar-refractivity contribution in [3.8, 4) is 0 Å². The molecule has 4 heterocycles. The summed E-state index contributed by atoms with van der Waals surface area (Å²) < 4.78 is 0. The highest BCUT2D eigenvalue weighted by molar-refractivity contribution is 4.99. The Hall–Kier alpha value is -0.160. The van der Waals surface area contributed by atoms with Crippen LogP contribution < -0.4 is 0 Å². The normalized spacial score (nSPS) is 40.1. The summed E-state index contributed by atoms with van der Waals surface area (Å²) >= 11 is 0. The molecule has 4 aliphatic heterocycles. The molecule has 0 amide bonds. The maximum absolute atomic E-state index is 2.82. The zero-order valence-corrected chi connectivity index (χ0v) is 12.5. The average Bonchev–Trinajstić information content (AvgIpc) is 2.22. The van der Waals surface area contributed by atoms with Gasteiger partial charge in [-0.25, -0.2) is 0 Å². The monoisotopic (exact) mass is 264 g/mol. The first-order chi connectivity index (χ1) is 9.17. The maximum atomic E-state index is 2.82. The van der Waals surface area contributed by atoms with Gasteiger partial charge in [-0.2, -0.15) is 0 Å². The molecule has 2 bridgehead atoms. The van der Waals surface area contributed by atoms with E-state index in [1.165, 1.54) is 58.8 Å². The fourth-order valence-electron chi connectivity index (χ4n) is 4.79. The van der Waals surface area contributed by atoms with Gasteiger partial charge in [0.2, 0.25) is 0 Å². The van der Waals surface area contributed by atoms with Gasteiger partial charge in [0.1, 0.15) is 0 Å². The lowest BCUT2D eigenvalue weighted by atomic mass is 9.83. The van der Waals surface area contributed by atoms with E-state index in [9.17, 15) is 0 Å². The van der Waals surface area contributed by atoms with Gasteiger partial charge in [-0.1, -0.05) is 0 Å². The van der Waals surface area contributed by atoms with Crippen LogP contribution in [0.25, 0.3) is 0 Å². The SMILES string of the molecule is CN1CC2CC(C1)CN(C1CN(C3CN(C)C3)C1)C2. The minimum Gasteiger partial charge on any atom is -0.306 e. The fraction of sp³-hybridized carbons (Fsp3) is 1.00. The molecule has 4 heteroatoms. The Morgan fingerprint density at radius 3 is 1.63 bits per heavy atom. The maximum Gasteiger partial charge on any atom is 0.0351 e. The molecule has 0 radical (unpaired) electrons. The van der Waals surface area contributed by atoms with Crippen molar-refractivity contribution in [3.63, 3.8) is 0 Å². The van der Waals surface area contributed by atoms with Gasteiger partial charge in [0.25, 0.3) is 0 Å². The van der Waals surface area contributed by atoms with Gasteiger partial charge in [-0.05, 0) is 32.4 Å². The number of fused-ring (bicyclic) bond motifs is 2. The van der Waals surface area contributed by atoms with Crippen LogP contribution in [0.2, 0.25) is 0 Å². The minimum atomic E-state index is 0.872. The summed E-state index contributed by atoms with van der Waals surface area (Å²) in [7, 11) is 4.53. The summed E-state index contributed by atoms with van der Waals surface area (Å²) in [5.41, 5.74) is 0. The third-order valence-corrected chi connectivity index (χ3v) is 5.76. The van der Waals surface area contributed by atoms with Gasteiger partial charge in [0.15, 0.2) is 0 Å². The van der Waals surface area contributed by atoms with Gasteiger partial charge < -0.3 is 9.80 Å². The van der Waals surface area contributed by atoms with Crippen LogP contribution in [0.3, 0.4) is 0 Å². The first-order valence-corrected chi connectivity index (χ1v) is 8.02. The third-order valence-electron chi connectivity index (χ3n) is 5.76. The van der Waals surface area contributed by atoms with E-state index in [1.54, 1.807) is 0 Å². The highest BCUT2D eigenvalue weighted by Gasteiger charge is 2.43. The molecule has 0 spiro atoms. The van der Waals surface area contributed by atoms with Crippen molar-refractivity contribution in [2.75, 3.05) is 66.5 Å². The Morgan fingerprint density at radius 1 is 0.579 bits per heavy atom. The van der Waals surface area contributed by atoms with Crippen LogP contribution in [0.5, 0.6) is 0 Å². The number of likely N-dealkylation sites (tertiary alicyclic amines) is 4. The first kappa shape index (κ1) is 12.6. The van der Waals surface area contributed by atoms with Crippen molar-refractivity contribution >= 4 is 0 Å². The zero-order chi connectivity index (χ0) is 13.0. The fourth-order valence-corrected chi connectivity index (χ4v) is 4.79. The number of hydrogen-bond acceptors (Lipinski definition) is 4. The molecule has 4 rings (SSSR count). The molecule has 2 atom stereocenters. The van der Waals surface area contributed by atoms with Gasteiger partial charge in [-0.3, -0.25) is 9.80 Å². The van der Waals surface area contributed by atoms with Crippen LogP contribution in [0, 0.1) is 11.8 Å². The molecule has 4 fully saturated rings. The van der Waals surface area contributed by atoms with Crippen molar-refractivity contribution in [3.05, 3.63) is 0 Å². The Labute approximate surface area is 117 Å². The molecule has 0 aromatic heterocycles. The summed E-state index contributed by atoms with van der Waals surface area (Å²) in [6, 6.07) is 1.75. The predicted octanol–water partition coefficient (Wildman–Crippen LogP) is -0.132. The van der Waals surface area contributed by atoms with Crippen LogP contribution in [0.4, 0.5) is 0 Å². The smallest absolute Gasteiger partial charge is 0.0351 e. The topological polar surface area (TPSA) is 13.0 Å². The zero-order valence-electron chi connectivity index (χ0n) is 12.5. The van der Waals surface area contributed by atoms with E-state index in [-0.39, 0.29) is 0 Å². The van der Waals surface area contributed by atoms with Crippen LogP contribution in [0.15, 0.2) is 0 Å². The van der Waals surface area contributed by atoms with Crippen molar-refractivity contribution in [1.82, 2.24) is 19.6 Å². The summed E-state index contributed by atoms with van der Waals surface area (Å²) in [5.74, 6) is 1.89. The largest absolute Gasteiger partial charge is 0.306 e. The molecule has 4 aliphatic rings. The van der Waals surface area contributed by atoms with E-state index in [4.69, 9.17) is 0 Å². The molecule has 19 heavy (non-hydrogen) atoms. The van der Waals surface area contributed by atoms with Gasteiger partial charge in [0.05, 0.1) is 0 Å². The molecule has 4 saturated heterocycles. The summed E-state index contributed by atoms with van der Waals surface area (Å²) in [6.45, 7) is 10.7. The molecule has 0 aliphatic carbocycles. The van der Waals surface area contributed by atoms with Crippen molar-refractivity contribution < 1.29 is 0 Å². The van der Waals surface area contributed by atoms with Crippen molar-refractivity contribution in [2.24, 2.45) is 11.8 Å². The summed E-state index contributed by atoms with van der Waals surface area (Å²) in [4.78, 5) is 10.5. The van der Waals surface area contributed by atoms with E-state index < -0.39 is 0 Å². The van der Waals surface area contributed by atoms with Crippen molar-refractivity contribution in [1.29, 1.82) is 0 Å². The van der Waals surface area contributed by atoms with Crippen molar-refractivity contribution in [2.45, 2.75) is 18.5 Å². The number of hydrogen-bond donors (Lipinski definition) is 0. The lowest BCUT2D eigenvalue weighted by Crippen LogP contribution is -2.70. The molecule has 2 unspecified atom stereocenters. The van der Waals surface area contributed by atoms with Gasteiger partial charge in [0, 0.05) is 64.4 Å². The van der Waals surface area contributed by atoms with E-state index >= 15 is 0 Å². The quantitative estimate of drug-likeness (QED) is 0.689. The molecule has 0 saturated carbocycles. The minimum absolute atomic E-state index is 0.872. The number of piperidine rings is 2. The highest BCUT2D eigenvalue weighted by Crippen LogP contribution is 2.31. The average molecular weight is 264 g/mol. The Morgan fingerprint density at radius 2 is 1.05 bits per heavy atom. The molecular weight excluding hydrogens is 236 g/mol. The lowest BCUT2D eigenvalue weighted by Gasteiger charge is -2.56. The highest BCUT2D eigenvalue weighted by atomic mass is 15.4. The summed E-state index contributed by atoms with van der Waals surface area (Å²) in [6.07, 6.45) is 1.49.